The molecule has 1 aromatic rings. The van der Waals surface area contributed by atoms with E-state index in [4.69, 9.17) is 18.9 Å². The Bertz CT molecular complexity index is 407. The van der Waals surface area contributed by atoms with Crippen LogP contribution in [-0.2, 0) is 9.47 Å². The zero-order valence-corrected chi connectivity index (χ0v) is 13.6. The second-order valence-corrected chi connectivity index (χ2v) is 4.45. The second kappa shape index (κ2) is 9.60. The molecule has 0 spiro atoms. The Balaban J connectivity index is 3.10. The van der Waals surface area contributed by atoms with Crippen LogP contribution in [0.2, 0.25) is 0 Å². The van der Waals surface area contributed by atoms with Crippen molar-refractivity contribution in [1.29, 1.82) is 0 Å². The van der Waals surface area contributed by atoms with Crippen LogP contribution in [0.15, 0.2) is 18.2 Å². The predicted molar refractivity (Wildman–Crippen MR) is 83.0 cm³/mol. The molecule has 1 N–H and O–H groups in total. The van der Waals surface area contributed by atoms with Crippen LogP contribution in [0.4, 0.5) is 0 Å². The Hall–Kier alpha value is -1.30. The molecule has 0 bridgehead atoms. The van der Waals surface area contributed by atoms with Gasteiger partial charge in [0.1, 0.15) is 0 Å². The molecule has 0 aliphatic rings. The van der Waals surface area contributed by atoms with E-state index < -0.39 is 0 Å². The van der Waals surface area contributed by atoms with E-state index in [1.165, 1.54) is 0 Å². The summed E-state index contributed by atoms with van der Waals surface area (Å²) in [5.41, 5.74) is 1.04. The molecule has 5 nitrogen and oxygen atoms in total. The number of rotatable bonds is 10. The first-order chi connectivity index (χ1) is 10.2. The highest BCUT2D eigenvalue weighted by Crippen LogP contribution is 2.32. The van der Waals surface area contributed by atoms with Crippen molar-refractivity contribution < 1.29 is 18.9 Å². The minimum Gasteiger partial charge on any atom is -0.490 e. The fourth-order valence-corrected chi connectivity index (χ4v) is 2.22. The number of benzene rings is 1. The van der Waals surface area contributed by atoms with Gasteiger partial charge < -0.3 is 24.3 Å². The minimum atomic E-state index is -0.364. The second-order valence-electron chi connectivity index (χ2n) is 4.45. The number of hydrogen-bond donors (Lipinski definition) is 1. The van der Waals surface area contributed by atoms with E-state index in [1.54, 1.807) is 14.2 Å². The van der Waals surface area contributed by atoms with Crippen LogP contribution in [0.5, 0.6) is 11.5 Å². The molecule has 1 unspecified atom stereocenters. The van der Waals surface area contributed by atoms with Crippen molar-refractivity contribution in [2.24, 2.45) is 0 Å². The maximum Gasteiger partial charge on any atom is 0.176 e. The van der Waals surface area contributed by atoms with Gasteiger partial charge in [0.25, 0.3) is 0 Å². The van der Waals surface area contributed by atoms with Gasteiger partial charge in [0.2, 0.25) is 0 Å². The van der Waals surface area contributed by atoms with Crippen LogP contribution >= 0.6 is 0 Å². The third-order valence-corrected chi connectivity index (χ3v) is 3.09. The van der Waals surface area contributed by atoms with Crippen molar-refractivity contribution in [2.75, 3.05) is 34.0 Å². The molecule has 5 heteroatoms. The first-order valence-corrected chi connectivity index (χ1v) is 7.40. The molecule has 1 atom stereocenters. The smallest absolute Gasteiger partial charge is 0.176 e. The summed E-state index contributed by atoms with van der Waals surface area (Å²) >= 11 is 0. The van der Waals surface area contributed by atoms with Crippen LogP contribution in [0.1, 0.15) is 32.4 Å². The van der Waals surface area contributed by atoms with Gasteiger partial charge in [-0.25, -0.2) is 0 Å². The van der Waals surface area contributed by atoms with Gasteiger partial charge in [0.15, 0.2) is 17.8 Å². The highest BCUT2D eigenvalue weighted by Gasteiger charge is 2.23. The molecule has 1 aromatic carbocycles. The van der Waals surface area contributed by atoms with Crippen molar-refractivity contribution in [3.05, 3.63) is 23.8 Å². The Morgan fingerprint density at radius 3 is 2.10 bits per heavy atom. The first kappa shape index (κ1) is 17.8. The lowest BCUT2D eigenvalue weighted by atomic mass is 10.1. The highest BCUT2D eigenvalue weighted by atomic mass is 16.7. The number of ether oxygens (including phenoxy) is 4. The summed E-state index contributed by atoms with van der Waals surface area (Å²) in [6.07, 6.45) is -0.364. The summed E-state index contributed by atoms with van der Waals surface area (Å²) in [6.45, 7) is 7.97. The molecule has 0 aliphatic carbocycles. The quantitative estimate of drug-likeness (QED) is 0.673. The zero-order chi connectivity index (χ0) is 15.7. The molecule has 1 rings (SSSR count). The molecule has 0 aliphatic heterocycles. The van der Waals surface area contributed by atoms with Gasteiger partial charge in [-0.05, 0) is 38.1 Å². The number of methoxy groups -OCH3 is 2. The molecule has 0 aromatic heterocycles. The van der Waals surface area contributed by atoms with E-state index >= 15 is 0 Å². The third-order valence-electron chi connectivity index (χ3n) is 3.09. The Kier molecular flexibility index (Phi) is 8.12. The Morgan fingerprint density at radius 2 is 1.57 bits per heavy atom. The average molecular weight is 297 g/mol. The fraction of sp³-hybridized carbons (Fsp3) is 0.625. The van der Waals surface area contributed by atoms with Crippen molar-refractivity contribution in [2.45, 2.75) is 33.1 Å². The first-order valence-electron chi connectivity index (χ1n) is 7.40. The lowest BCUT2D eigenvalue weighted by Crippen LogP contribution is -2.34. The number of likely N-dealkylation sites (N-methyl/N-ethyl adjacent to an activating group) is 1. The standard InChI is InChI=1S/C16H27NO4/c1-6-17-15(16(18-4)19-5)12-9-10-13(20-7-2)14(11-12)21-8-3/h9-11,15-17H,6-8H2,1-5H3. The average Bonchev–Trinajstić information content (AvgIpc) is 2.50. The lowest BCUT2D eigenvalue weighted by Gasteiger charge is -2.26. The molecule has 0 heterocycles. The fourth-order valence-electron chi connectivity index (χ4n) is 2.22. The van der Waals surface area contributed by atoms with E-state index in [-0.39, 0.29) is 12.3 Å². The molecule has 0 amide bonds. The molecule has 0 fully saturated rings. The maximum atomic E-state index is 5.67. The van der Waals surface area contributed by atoms with Gasteiger partial charge >= 0.3 is 0 Å². The van der Waals surface area contributed by atoms with Crippen molar-refractivity contribution in [3.8, 4) is 11.5 Å². The summed E-state index contributed by atoms with van der Waals surface area (Å²) in [4.78, 5) is 0. The van der Waals surface area contributed by atoms with Crippen LogP contribution in [-0.4, -0.2) is 40.3 Å². The van der Waals surface area contributed by atoms with Crippen molar-refractivity contribution >= 4 is 0 Å². The van der Waals surface area contributed by atoms with E-state index in [1.807, 2.05) is 39.0 Å². The molecule has 0 saturated heterocycles. The van der Waals surface area contributed by atoms with Gasteiger partial charge in [-0.1, -0.05) is 13.0 Å². The molecule has 0 radical (unpaired) electrons. The topological polar surface area (TPSA) is 49.0 Å². The molecular formula is C16H27NO4. The van der Waals surface area contributed by atoms with E-state index in [2.05, 4.69) is 5.32 Å². The SMILES string of the molecule is CCNC(c1ccc(OCC)c(OCC)c1)C(OC)OC. The lowest BCUT2D eigenvalue weighted by molar-refractivity contribution is -0.123. The molecular weight excluding hydrogens is 270 g/mol. The van der Waals surface area contributed by atoms with E-state index in [0.717, 1.165) is 23.6 Å². The number of hydrogen-bond acceptors (Lipinski definition) is 5. The Labute approximate surface area is 127 Å². The van der Waals surface area contributed by atoms with Crippen LogP contribution in [0.25, 0.3) is 0 Å². The third kappa shape index (κ3) is 4.88. The summed E-state index contributed by atoms with van der Waals surface area (Å²) < 4.78 is 22.0. The van der Waals surface area contributed by atoms with Gasteiger partial charge in [-0.2, -0.15) is 0 Å². The number of nitrogens with one attached hydrogen (secondary N) is 1. The van der Waals surface area contributed by atoms with Crippen molar-refractivity contribution in [3.63, 3.8) is 0 Å². The maximum absolute atomic E-state index is 5.67. The summed E-state index contributed by atoms with van der Waals surface area (Å²) in [5.74, 6) is 1.50. The highest BCUT2D eigenvalue weighted by molar-refractivity contribution is 5.44. The minimum absolute atomic E-state index is 0.0696. The molecule has 21 heavy (non-hydrogen) atoms. The molecule has 120 valence electrons. The van der Waals surface area contributed by atoms with Crippen molar-refractivity contribution in [1.82, 2.24) is 5.32 Å². The van der Waals surface area contributed by atoms with Gasteiger partial charge in [-0.3, -0.25) is 0 Å². The van der Waals surface area contributed by atoms with Gasteiger partial charge in [-0.15, -0.1) is 0 Å². The monoisotopic (exact) mass is 297 g/mol. The summed E-state index contributed by atoms with van der Waals surface area (Å²) in [7, 11) is 3.27. The van der Waals surface area contributed by atoms with Crippen LogP contribution in [0, 0.1) is 0 Å². The summed E-state index contributed by atoms with van der Waals surface area (Å²) in [5, 5.41) is 3.38. The zero-order valence-electron chi connectivity index (χ0n) is 13.6. The Morgan fingerprint density at radius 1 is 0.952 bits per heavy atom. The molecule has 0 saturated carbocycles. The van der Waals surface area contributed by atoms with Crippen LogP contribution < -0.4 is 14.8 Å². The van der Waals surface area contributed by atoms with Gasteiger partial charge in [0, 0.05) is 14.2 Å². The summed E-state index contributed by atoms with van der Waals surface area (Å²) in [6, 6.07) is 5.84. The largest absolute Gasteiger partial charge is 0.490 e. The normalized spacial score (nSPS) is 12.5. The van der Waals surface area contributed by atoms with Crippen LogP contribution in [0.3, 0.4) is 0 Å². The predicted octanol–water partition coefficient (Wildman–Crippen LogP) is 2.75. The van der Waals surface area contributed by atoms with E-state index in [0.29, 0.717) is 13.2 Å². The van der Waals surface area contributed by atoms with Gasteiger partial charge in [0.05, 0.1) is 19.3 Å². The van der Waals surface area contributed by atoms with E-state index in [9.17, 15) is 0 Å².